The average molecular weight is 299 g/mol. The maximum absolute atomic E-state index is 12.9. The van der Waals surface area contributed by atoms with Gasteiger partial charge in [0, 0.05) is 24.1 Å². The molecule has 0 unspecified atom stereocenters. The van der Waals surface area contributed by atoms with Crippen LogP contribution in [0, 0.1) is 5.82 Å². The number of rotatable bonds is 4. The molecule has 1 heterocycles. The lowest BCUT2D eigenvalue weighted by Gasteiger charge is -2.13. The summed E-state index contributed by atoms with van der Waals surface area (Å²) in [5, 5.41) is 6.15. The number of aromatic nitrogens is 1. The molecule has 1 aliphatic carbocycles. The van der Waals surface area contributed by atoms with Crippen LogP contribution in [-0.2, 0) is 0 Å². The van der Waals surface area contributed by atoms with Crippen molar-refractivity contribution in [3.8, 4) is 0 Å². The maximum Gasteiger partial charge on any atom is 0.257 e. The zero-order chi connectivity index (χ0) is 15.4. The van der Waals surface area contributed by atoms with Gasteiger partial charge in [-0.3, -0.25) is 9.78 Å². The van der Waals surface area contributed by atoms with Gasteiger partial charge >= 0.3 is 0 Å². The number of nitrogens with zero attached hydrogens (tertiary/aromatic N) is 1. The van der Waals surface area contributed by atoms with Crippen LogP contribution < -0.4 is 10.6 Å². The number of halogens is 1. The highest BCUT2D eigenvalue weighted by Gasteiger charge is 2.15. The van der Waals surface area contributed by atoms with Gasteiger partial charge in [-0.15, -0.1) is 0 Å². The Morgan fingerprint density at radius 2 is 1.82 bits per heavy atom. The molecule has 22 heavy (non-hydrogen) atoms. The van der Waals surface area contributed by atoms with Gasteiger partial charge in [0.1, 0.15) is 5.82 Å². The summed E-state index contributed by atoms with van der Waals surface area (Å²) in [6, 6.07) is 7.95. The number of pyridine rings is 1. The minimum absolute atomic E-state index is 0.255. The molecule has 0 radical (unpaired) electrons. The number of carbonyl (C=O) groups is 1. The van der Waals surface area contributed by atoms with Crippen molar-refractivity contribution < 1.29 is 9.18 Å². The predicted octanol–water partition coefficient (Wildman–Crippen LogP) is 3.83. The first kappa shape index (κ1) is 14.5. The molecule has 0 bridgehead atoms. The third kappa shape index (κ3) is 3.61. The van der Waals surface area contributed by atoms with E-state index in [1.165, 1.54) is 43.3 Å². The van der Waals surface area contributed by atoms with Crippen LogP contribution >= 0.6 is 0 Å². The Labute approximate surface area is 128 Å². The number of hydrogen-bond donors (Lipinski definition) is 2. The quantitative estimate of drug-likeness (QED) is 0.902. The molecular weight excluding hydrogens is 281 g/mol. The van der Waals surface area contributed by atoms with E-state index < -0.39 is 0 Å². The second-order valence-electron chi connectivity index (χ2n) is 5.55. The molecule has 0 spiro atoms. The lowest BCUT2D eigenvalue weighted by molar-refractivity contribution is 0.102. The molecule has 2 N–H and O–H groups in total. The Bertz CT molecular complexity index is 651. The lowest BCUT2D eigenvalue weighted by atomic mass is 10.2. The molecule has 1 aliphatic rings. The van der Waals surface area contributed by atoms with Crippen molar-refractivity contribution in [3.63, 3.8) is 0 Å². The van der Waals surface area contributed by atoms with Gasteiger partial charge < -0.3 is 10.6 Å². The fraction of sp³-hybridized carbons (Fsp3) is 0.294. The first-order valence-electron chi connectivity index (χ1n) is 7.49. The molecule has 1 aromatic heterocycles. The van der Waals surface area contributed by atoms with Gasteiger partial charge in [0.15, 0.2) is 0 Å². The highest BCUT2D eigenvalue weighted by atomic mass is 19.1. The van der Waals surface area contributed by atoms with Crippen molar-refractivity contribution in [2.24, 2.45) is 0 Å². The number of anilines is 2. The van der Waals surface area contributed by atoms with E-state index in [-0.39, 0.29) is 11.7 Å². The number of benzene rings is 1. The zero-order valence-electron chi connectivity index (χ0n) is 12.2. The smallest absolute Gasteiger partial charge is 0.257 e. The van der Waals surface area contributed by atoms with E-state index in [4.69, 9.17) is 0 Å². The first-order valence-corrected chi connectivity index (χ1v) is 7.49. The van der Waals surface area contributed by atoms with E-state index in [1.807, 2.05) is 0 Å². The summed E-state index contributed by atoms with van der Waals surface area (Å²) in [5.41, 5.74) is 1.89. The van der Waals surface area contributed by atoms with E-state index in [1.54, 1.807) is 12.3 Å². The fourth-order valence-electron chi connectivity index (χ4n) is 2.69. The highest BCUT2D eigenvalue weighted by Crippen LogP contribution is 2.22. The molecule has 2 aromatic rings. The number of nitrogens with one attached hydrogen (secondary N) is 2. The second kappa shape index (κ2) is 6.56. The second-order valence-corrected chi connectivity index (χ2v) is 5.55. The summed E-state index contributed by atoms with van der Waals surface area (Å²) < 4.78 is 12.9. The molecule has 0 aliphatic heterocycles. The molecule has 1 fully saturated rings. The number of hydrogen-bond acceptors (Lipinski definition) is 3. The average Bonchev–Trinajstić information content (AvgIpc) is 3.03. The third-order valence-corrected chi connectivity index (χ3v) is 3.83. The van der Waals surface area contributed by atoms with Gasteiger partial charge in [0.2, 0.25) is 0 Å². The van der Waals surface area contributed by atoms with Crippen LogP contribution in [-0.4, -0.2) is 16.9 Å². The van der Waals surface area contributed by atoms with Crippen LogP contribution in [0.25, 0.3) is 0 Å². The van der Waals surface area contributed by atoms with E-state index in [0.29, 0.717) is 17.3 Å². The topological polar surface area (TPSA) is 54.0 Å². The fourth-order valence-corrected chi connectivity index (χ4v) is 2.69. The van der Waals surface area contributed by atoms with Gasteiger partial charge in [0.05, 0.1) is 11.3 Å². The summed E-state index contributed by atoms with van der Waals surface area (Å²) >= 11 is 0. The standard InChI is InChI=1S/C17H18FN3O/c18-13-5-7-15(8-6-13)21-17(22)12-9-16(11-19-10-12)20-14-3-1-2-4-14/h5-11,14,20H,1-4H2,(H,21,22). The SMILES string of the molecule is O=C(Nc1ccc(F)cc1)c1cncc(NC2CCCC2)c1. The molecule has 4 nitrogen and oxygen atoms in total. The van der Waals surface area contributed by atoms with Crippen LogP contribution in [0.4, 0.5) is 15.8 Å². The van der Waals surface area contributed by atoms with Gasteiger partial charge in [-0.25, -0.2) is 4.39 Å². The van der Waals surface area contributed by atoms with Crippen molar-refractivity contribution in [1.82, 2.24) is 4.98 Å². The van der Waals surface area contributed by atoms with Crippen LogP contribution in [0.15, 0.2) is 42.7 Å². The molecule has 1 amide bonds. The van der Waals surface area contributed by atoms with Gasteiger partial charge in [-0.05, 0) is 43.2 Å². The highest BCUT2D eigenvalue weighted by molar-refractivity contribution is 6.04. The number of carbonyl (C=O) groups excluding carboxylic acids is 1. The van der Waals surface area contributed by atoms with E-state index >= 15 is 0 Å². The molecule has 1 aromatic carbocycles. The first-order chi connectivity index (χ1) is 10.7. The molecular formula is C17H18FN3O. The minimum atomic E-state index is -0.331. The van der Waals surface area contributed by atoms with E-state index in [2.05, 4.69) is 15.6 Å². The van der Waals surface area contributed by atoms with Crippen LogP contribution in [0.5, 0.6) is 0 Å². The number of amides is 1. The van der Waals surface area contributed by atoms with Crippen molar-refractivity contribution in [3.05, 3.63) is 54.1 Å². The third-order valence-electron chi connectivity index (χ3n) is 3.83. The Kier molecular flexibility index (Phi) is 4.32. The maximum atomic E-state index is 12.9. The Hall–Kier alpha value is -2.43. The van der Waals surface area contributed by atoms with E-state index in [9.17, 15) is 9.18 Å². The van der Waals surface area contributed by atoms with Gasteiger partial charge in [-0.2, -0.15) is 0 Å². The van der Waals surface area contributed by atoms with Crippen molar-refractivity contribution in [2.45, 2.75) is 31.7 Å². The van der Waals surface area contributed by atoms with Gasteiger partial charge in [-0.1, -0.05) is 12.8 Å². The molecule has 114 valence electrons. The Balaban J connectivity index is 1.67. The summed E-state index contributed by atoms with van der Waals surface area (Å²) in [6.07, 6.45) is 8.06. The predicted molar refractivity (Wildman–Crippen MR) is 84.5 cm³/mol. The normalized spacial score (nSPS) is 14.8. The summed E-state index contributed by atoms with van der Waals surface area (Å²) in [7, 11) is 0. The summed E-state index contributed by atoms with van der Waals surface area (Å²) in [4.78, 5) is 16.3. The monoisotopic (exact) mass is 299 g/mol. The molecule has 0 saturated heterocycles. The van der Waals surface area contributed by atoms with Gasteiger partial charge in [0.25, 0.3) is 5.91 Å². The Morgan fingerprint density at radius 3 is 2.55 bits per heavy atom. The summed E-state index contributed by atoms with van der Waals surface area (Å²) in [6.45, 7) is 0. The van der Waals surface area contributed by atoms with Crippen LogP contribution in [0.1, 0.15) is 36.0 Å². The lowest BCUT2D eigenvalue weighted by Crippen LogP contribution is -2.16. The zero-order valence-corrected chi connectivity index (χ0v) is 12.2. The van der Waals surface area contributed by atoms with Crippen molar-refractivity contribution in [1.29, 1.82) is 0 Å². The molecule has 5 heteroatoms. The summed E-state index contributed by atoms with van der Waals surface area (Å²) in [5.74, 6) is -0.586. The Morgan fingerprint density at radius 1 is 1.09 bits per heavy atom. The van der Waals surface area contributed by atoms with Crippen molar-refractivity contribution in [2.75, 3.05) is 10.6 Å². The molecule has 0 atom stereocenters. The molecule has 1 saturated carbocycles. The largest absolute Gasteiger partial charge is 0.381 e. The van der Waals surface area contributed by atoms with E-state index in [0.717, 1.165) is 18.5 Å². The van der Waals surface area contributed by atoms with Crippen molar-refractivity contribution >= 4 is 17.3 Å². The van der Waals surface area contributed by atoms with Crippen LogP contribution in [0.2, 0.25) is 0 Å². The molecule has 3 rings (SSSR count). The van der Waals surface area contributed by atoms with Crippen LogP contribution in [0.3, 0.4) is 0 Å². The minimum Gasteiger partial charge on any atom is -0.381 e.